The number of fused-ring (bicyclic) bond motifs is 1. The largest absolute Gasteiger partial charge is 0.382 e. The minimum absolute atomic E-state index is 0.310. The van der Waals surface area contributed by atoms with Gasteiger partial charge in [-0.1, -0.05) is 24.3 Å². The van der Waals surface area contributed by atoms with Crippen LogP contribution in [-0.2, 0) is 11.2 Å². The van der Waals surface area contributed by atoms with Gasteiger partial charge in [0.05, 0.1) is 6.10 Å². The van der Waals surface area contributed by atoms with Crippen LogP contribution in [-0.4, -0.2) is 19.3 Å². The lowest BCUT2D eigenvalue weighted by atomic mass is 9.79. The number of hydrogen-bond donors (Lipinski definition) is 2. The number of hydrazine groups is 1. The Balaban J connectivity index is 1.95. The van der Waals surface area contributed by atoms with Crippen LogP contribution in [0.1, 0.15) is 56.1 Å². The molecule has 0 bridgehead atoms. The topological polar surface area (TPSA) is 47.3 Å². The quantitative estimate of drug-likeness (QED) is 0.594. The van der Waals surface area contributed by atoms with Crippen LogP contribution < -0.4 is 11.3 Å². The van der Waals surface area contributed by atoms with Crippen molar-refractivity contribution in [2.45, 2.75) is 63.5 Å². The number of benzene rings is 1. The summed E-state index contributed by atoms with van der Waals surface area (Å²) in [6, 6.07) is 9.27. The molecule has 1 aliphatic carbocycles. The van der Waals surface area contributed by atoms with Crippen LogP contribution in [0, 0.1) is 0 Å². The van der Waals surface area contributed by atoms with E-state index in [1.165, 1.54) is 24.8 Å². The first-order valence-electron chi connectivity index (χ1n) is 7.81. The average Bonchev–Trinajstić information content (AvgIpc) is 2.51. The van der Waals surface area contributed by atoms with Crippen LogP contribution in [0.5, 0.6) is 0 Å². The van der Waals surface area contributed by atoms with E-state index in [-0.39, 0.29) is 0 Å². The Morgan fingerprint density at radius 1 is 1.35 bits per heavy atom. The maximum absolute atomic E-state index is 5.75. The van der Waals surface area contributed by atoms with Gasteiger partial charge in [0.2, 0.25) is 0 Å². The molecular weight excluding hydrogens is 248 g/mol. The summed E-state index contributed by atoms with van der Waals surface area (Å²) in [7, 11) is 1.77. The van der Waals surface area contributed by atoms with E-state index in [1.54, 1.807) is 12.7 Å². The van der Waals surface area contributed by atoms with Gasteiger partial charge in [0.25, 0.3) is 0 Å². The summed E-state index contributed by atoms with van der Waals surface area (Å²) in [6.45, 7) is 2.11. The molecule has 0 heterocycles. The Morgan fingerprint density at radius 2 is 2.15 bits per heavy atom. The first kappa shape index (κ1) is 15.5. The molecule has 3 heteroatoms. The maximum Gasteiger partial charge on any atom is 0.0543 e. The summed E-state index contributed by atoms with van der Waals surface area (Å²) in [5.41, 5.74) is 6.08. The molecule has 3 nitrogen and oxygen atoms in total. The number of methoxy groups -OCH3 is 1. The molecule has 0 aromatic heterocycles. The molecular formula is C17H28N2O. The Labute approximate surface area is 122 Å². The third-order valence-electron chi connectivity index (χ3n) is 4.62. The zero-order valence-corrected chi connectivity index (χ0v) is 12.8. The molecule has 1 aromatic carbocycles. The second-order valence-electron chi connectivity index (χ2n) is 6.01. The molecule has 0 spiro atoms. The Morgan fingerprint density at radius 3 is 2.90 bits per heavy atom. The van der Waals surface area contributed by atoms with E-state index in [4.69, 9.17) is 10.6 Å². The first-order chi connectivity index (χ1) is 9.74. The van der Waals surface area contributed by atoms with Crippen molar-refractivity contribution in [2.24, 2.45) is 5.84 Å². The molecule has 0 radical (unpaired) electrons. The average molecular weight is 276 g/mol. The summed E-state index contributed by atoms with van der Waals surface area (Å²) in [5, 5.41) is 0. The van der Waals surface area contributed by atoms with Crippen molar-refractivity contribution in [1.29, 1.82) is 0 Å². The SMILES string of the molecule is COC(C)CCC(CC1CCCc2ccccc21)NN. The number of rotatable bonds is 7. The standard InChI is InChI=1S/C17H28N2O/c1-13(20-2)10-11-16(19-18)12-15-8-5-7-14-6-3-4-9-17(14)15/h3-4,6,9,13,15-16,19H,5,7-8,10-12,18H2,1-2H3. The van der Waals surface area contributed by atoms with Gasteiger partial charge in [0.15, 0.2) is 0 Å². The molecule has 112 valence electrons. The minimum atomic E-state index is 0.310. The summed E-state index contributed by atoms with van der Waals surface area (Å²) >= 11 is 0. The third-order valence-corrected chi connectivity index (χ3v) is 4.62. The summed E-state index contributed by atoms with van der Waals surface area (Å²) < 4.78 is 5.32. The predicted molar refractivity (Wildman–Crippen MR) is 83.6 cm³/mol. The molecule has 0 amide bonds. The van der Waals surface area contributed by atoms with Gasteiger partial charge in [-0.3, -0.25) is 11.3 Å². The number of ether oxygens (including phenoxy) is 1. The third kappa shape index (κ3) is 4.05. The van der Waals surface area contributed by atoms with Gasteiger partial charge in [-0.25, -0.2) is 0 Å². The second kappa shape index (κ2) is 7.77. The van der Waals surface area contributed by atoms with Crippen LogP contribution in [0.4, 0.5) is 0 Å². The lowest BCUT2D eigenvalue weighted by Crippen LogP contribution is -2.37. The van der Waals surface area contributed by atoms with Crippen molar-refractivity contribution < 1.29 is 4.74 Å². The molecule has 0 fully saturated rings. The molecule has 0 saturated heterocycles. The zero-order chi connectivity index (χ0) is 14.4. The highest BCUT2D eigenvalue weighted by Gasteiger charge is 2.23. The van der Waals surface area contributed by atoms with Gasteiger partial charge in [-0.05, 0) is 62.5 Å². The van der Waals surface area contributed by atoms with Gasteiger partial charge >= 0.3 is 0 Å². The number of nitrogens with two attached hydrogens (primary N) is 1. The lowest BCUT2D eigenvalue weighted by Gasteiger charge is -2.29. The number of hydrogen-bond acceptors (Lipinski definition) is 3. The predicted octanol–water partition coefficient (Wildman–Crippen LogP) is 3.14. The summed E-state index contributed by atoms with van der Waals surface area (Å²) in [5.74, 6) is 6.40. The zero-order valence-electron chi connectivity index (χ0n) is 12.8. The fourth-order valence-corrected chi connectivity index (χ4v) is 3.27. The summed E-state index contributed by atoms with van der Waals surface area (Å²) in [4.78, 5) is 0. The van der Waals surface area contributed by atoms with Gasteiger partial charge in [0.1, 0.15) is 0 Å². The highest BCUT2D eigenvalue weighted by atomic mass is 16.5. The van der Waals surface area contributed by atoms with Crippen LogP contribution in [0.3, 0.4) is 0 Å². The van der Waals surface area contributed by atoms with E-state index in [0.717, 1.165) is 19.3 Å². The highest BCUT2D eigenvalue weighted by Crippen LogP contribution is 2.35. The Bertz CT molecular complexity index is 408. The van der Waals surface area contributed by atoms with E-state index in [9.17, 15) is 0 Å². The van der Waals surface area contributed by atoms with Crippen molar-refractivity contribution in [3.8, 4) is 0 Å². The molecule has 1 aliphatic rings. The van der Waals surface area contributed by atoms with E-state index < -0.39 is 0 Å². The molecule has 1 aromatic rings. The molecule has 2 rings (SSSR count). The van der Waals surface area contributed by atoms with E-state index in [2.05, 4.69) is 36.6 Å². The van der Waals surface area contributed by atoms with E-state index >= 15 is 0 Å². The molecule has 3 unspecified atom stereocenters. The molecule has 3 N–H and O–H groups in total. The fraction of sp³-hybridized carbons (Fsp3) is 0.647. The Kier molecular flexibility index (Phi) is 6.02. The Hall–Kier alpha value is -0.900. The van der Waals surface area contributed by atoms with Crippen LogP contribution in [0.25, 0.3) is 0 Å². The van der Waals surface area contributed by atoms with Gasteiger partial charge in [-0.15, -0.1) is 0 Å². The molecule has 0 aliphatic heterocycles. The monoisotopic (exact) mass is 276 g/mol. The smallest absolute Gasteiger partial charge is 0.0543 e. The lowest BCUT2D eigenvalue weighted by molar-refractivity contribution is 0.105. The van der Waals surface area contributed by atoms with Crippen LogP contribution in [0.2, 0.25) is 0 Å². The van der Waals surface area contributed by atoms with Gasteiger partial charge < -0.3 is 4.74 Å². The van der Waals surface area contributed by atoms with Gasteiger partial charge in [-0.2, -0.15) is 0 Å². The van der Waals surface area contributed by atoms with E-state index in [0.29, 0.717) is 18.1 Å². The molecule has 3 atom stereocenters. The number of aryl methyl sites for hydroxylation is 1. The highest BCUT2D eigenvalue weighted by molar-refractivity contribution is 5.32. The minimum Gasteiger partial charge on any atom is -0.382 e. The second-order valence-corrected chi connectivity index (χ2v) is 6.01. The maximum atomic E-state index is 5.75. The van der Waals surface area contributed by atoms with Crippen molar-refractivity contribution in [1.82, 2.24) is 5.43 Å². The van der Waals surface area contributed by atoms with Crippen molar-refractivity contribution in [2.75, 3.05) is 7.11 Å². The molecule has 20 heavy (non-hydrogen) atoms. The van der Waals surface area contributed by atoms with E-state index in [1.807, 2.05) is 0 Å². The van der Waals surface area contributed by atoms with Gasteiger partial charge in [0, 0.05) is 13.2 Å². The first-order valence-corrected chi connectivity index (χ1v) is 7.81. The van der Waals surface area contributed by atoms with Crippen molar-refractivity contribution >= 4 is 0 Å². The van der Waals surface area contributed by atoms with Crippen LogP contribution >= 0.6 is 0 Å². The van der Waals surface area contributed by atoms with Crippen molar-refractivity contribution in [3.05, 3.63) is 35.4 Å². The summed E-state index contributed by atoms with van der Waals surface area (Å²) in [6.07, 6.45) is 7.38. The molecule has 0 saturated carbocycles. The van der Waals surface area contributed by atoms with Crippen molar-refractivity contribution in [3.63, 3.8) is 0 Å². The fourth-order valence-electron chi connectivity index (χ4n) is 3.27. The number of nitrogens with one attached hydrogen (secondary N) is 1. The van der Waals surface area contributed by atoms with Crippen LogP contribution in [0.15, 0.2) is 24.3 Å². The normalized spacial score (nSPS) is 21.2.